The number of hydrogen-bond donors (Lipinski definition) is 3. The number of carbonyl (C=O) groups excluding carboxylic acids is 1. The summed E-state index contributed by atoms with van der Waals surface area (Å²) in [5, 5.41) is 15.2. The maximum absolute atomic E-state index is 12.4. The number of nitrogens with zero attached hydrogens (tertiary/aromatic N) is 2. The topological polar surface area (TPSA) is 104 Å². The number of nitrogens with one attached hydrogen (secondary N) is 2. The maximum atomic E-state index is 12.4. The third-order valence-corrected chi connectivity index (χ3v) is 4.27. The van der Waals surface area contributed by atoms with Crippen molar-refractivity contribution >= 4 is 17.7 Å². The molecule has 2 aromatic heterocycles. The van der Waals surface area contributed by atoms with Crippen LogP contribution in [0.15, 0.2) is 42.9 Å². The molecule has 2 aromatic rings. The van der Waals surface area contributed by atoms with Gasteiger partial charge in [-0.05, 0) is 49.1 Å². The average molecular weight is 340 g/mol. The van der Waals surface area contributed by atoms with Crippen molar-refractivity contribution in [3.63, 3.8) is 0 Å². The van der Waals surface area contributed by atoms with E-state index in [9.17, 15) is 14.7 Å². The molecule has 25 heavy (non-hydrogen) atoms. The molecule has 0 aromatic carbocycles. The first kappa shape index (κ1) is 16.9. The molecule has 0 radical (unpaired) electrons. The van der Waals surface area contributed by atoms with E-state index in [0.717, 1.165) is 18.4 Å². The van der Waals surface area contributed by atoms with Crippen LogP contribution in [0, 0.1) is 0 Å². The zero-order valence-corrected chi connectivity index (χ0v) is 13.7. The van der Waals surface area contributed by atoms with Crippen molar-refractivity contribution in [3.8, 4) is 0 Å². The Bertz CT molecular complexity index is 747. The molecule has 1 atom stereocenters. The minimum atomic E-state index is -1.08. The van der Waals surface area contributed by atoms with Gasteiger partial charge in [-0.2, -0.15) is 0 Å². The zero-order chi connectivity index (χ0) is 17.6. The molecule has 1 aliphatic carbocycles. The Kier molecular flexibility index (Phi) is 5.23. The molecule has 1 fully saturated rings. The normalized spacial score (nSPS) is 15.0. The number of amides is 1. The lowest BCUT2D eigenvalue weighted by Gasteiger charge is -2.27. The molecule has 1 amide bonds. The number of carboxylic acid groups (broad SMARTS) is 1. The number of anilines is 1. The molecule has 1 aliphatic rings. The number of aromatic nitrogens is 2. The molecule has 2 heterocycles. The van der Waals surface area contributed by atoms with E-state index in [1.165, 1.54) is 6.42 Å². The van der Waals surface area contributed by atoms with E-state index in [2.05, 4.69) is 20.6 Å². The molecule has 0 spiro atoms. The van der Waals surface area contributed by atoms with Gasteiger partial charge in [0.2, 0.25) is 0 Å². The molecule has 3 N–H and O–H groups in total. The predicted octanol–water partition coefficient (Wildman–Crippen LogP) is 1.87. The molecule has 3 rings (SSSR count). The fourth-order valence-corrected chi connectivity index (χ4v) is 2.61. The second kappa shape index (κ2) is 7.74. The lowest BCUT2D eigenvalue weighted by Crippen LogP contribution is -2.42. The van der Waals surface area contributed by atoms with Gasteiger partial charge < -0.3 is 15.7 Å². The quantitative estimate of drug-likeness (QED) is 0.711. The summed E-state index contributed by atoms with van der Waals surface area (Å²) in [6.07, 6.45) is 8.34. The van der Waals surface area contributed by atoms with Crippen LogP contribution in [0.5, 0.6) is 0 Å². The highest BCUT2D eigenvalue weighted by Crippen LogP contribution is 2.22. The SMILES string of the molecule is O=C(NC(Cc1ccncc1)C(=O)O)c1ccnc(NC2CCC2)c1. The molecule has 1 unspecified atom stereocenters. The van der Waals surface area contributed by atoms with E-state index < -0.39 is 17.9 Å². The lowest BCUT2D eigenvalue weighted by molar-refractivity contribution is -0.139. The fraction of sp³-hybridized carbons (Fsp3) is 0.333. The summed E-state index contributed by atoms with van der Waals surface area (Å²) >= 11 is 0. The third kappa shape index (κ3) is 4.53. The highest BCUT2D eigenvalue weighted by Gasteiger charge is 2.22. The second-order valence-electron chi connectivity index (χ2n) is 6.13. The van der Waals surface area contributed by atoms with E-state index in [1.807, 2.05) is 0 Å². The molecule has 7 heteroatoms. The molecule has 1 saturated carbocycles. The Morgan fingerprint density at radius 2 is 1.96 bits per heavy atom. The van der Waals surface area contributed by atoms with Crippen LogP contribution in [-0.4, -0.2) is 39.0 Å². The van der Waals surface area contributed by atoms with Crippen molar-refractivity contribution in [1.82, 2.24) is 15.3 Å². The molecule has 0 aliphatic heterocycles. The molecule has 0 bridgehead atoms. The molecular weight excluding hydrogens is 320 g/mol. The second-order valence-corrected chi connectivity index (χ2v) is 6.13. The Labute approximate surface area is 145 Å². The Balaban J connectivity index is 1.66. The fourth-order valence-electron chi connectivity index (χ4n) is 2.61. The molecule has 7 nitrogen and oxygen atoms in total. The Morgan fingerprint density at radius 1 is 1.20 bits per heavy atom. The number of aliphatic carboxylic acids is 1. The van der Waals surface area contributed by atoms with Gasteiger partial charge in [0.05, 0.1) is 0 Å². The summed E-state index contributed by atoms with van der Waals surface area (Å²) in [5.74, 6) is -0.870. The number of carboxylic acids is 1. The van der Waals surface area contributed by atoms with Crippen molar-refractivity contribution in [2.45, 2.75) is 37.8 Å². The standard InChI is InChI=1S/C18H20N4O3/c23-17(13-6-9-20-16(11-13)21-14-2-1-3-14)22-15(18(24)25)10-12-4-7-19-8-5-12/h4-9,11,14-15H,1-3,10H2,(H,20,21)(H,22,23)(H,24,25). The smallest absolute Gasteiger partial charge is 0.326 e. The van der Waals surface area contributed by atoms with Crippen LogP contribution in [0.4, 0.5) is 5.82 Å². The van der Waals surface area contributed by atoms with Crippen LogP contribution < -0.4 is 10.6 Å². The van der Waals surface area contributed by atoms with Gasteiger partial charge in [-0.15, -0.1) is 0 Å². The summed E-state index contributed by atoms with van der Waals surface area (Å²) in [7, 11) is 0. The maximum Gasteiger partial charge on any atom is 0.326 e. The summed E-state index contributed by atoms with van der Waals surface area (Å²) in [4.78, 5) is 32.0. The van der Waals surface area contributed by atoms with Crippen LogP contribution in [0.3, 0.4) is 0 Å². The van der Waals surface area contributed by atoms with Crippen molar-refractivity contribution in [1.29, 1.82) is 0 Å². The first-order chi connectivity index (χ1) is 12.1. The molecule has 130 valence electrons. The first-order valence-electron chi connectivity index (χ1n) is 8.27. The van der Waals surface area contributed by atoms with Crippen molar-refractivity contribution in [3.05, 3.63) is 54.0 Å². The number of rotatable bonds is 7. The van der Waals surface area contributed by atoms with Crippen molar-refractivity contribution in [2.75, 3.05) is 5.32 Å². The molecule has 0 saturated heterocycles. The Morgan fingerprint density at radius 3 is 2.60 bits per heavy atom. The number of pyridine rings is 2. The first-order valence-corrected chi connectivity index (χ1v) is 8.27. The van der Waals surface area contributed by atoms with Gasteiger partial charge in [0.25, 0.3) is 5.91 Å². The van der Waals surface area contributed by atoms with E-state index in [1.54, 1.807) is 42.9 Å². The van der Waals surface area contributed by atoms with Crippen LogP contribution in [0.1, 0.15) is 35.2 Å². The van der Waals surface area contributed by atoms with Crippen molar-refractivity contribution in [2.24, 2.45) is 0 Å². The lowest BCUT2D eigenvalue weighted by atomic mass is 9.93. The van der Waals surface area contributed by atoms with E-state index in [4.69, 9.17) is 0 Å². The highest BCUT2D eigenvalue weighted by molar-refractivity contribution is 5.97. The summed E-state index contributed by atoms with van der Waals surface area (Å²) < 4.78 is 0. The van der Waals surface area contributed by atoms with Gasteiger partial charge in [0.15, 0.2) is 0 Å². The largest absolute Gasteiger partial charge is 0.480 e. The van der Waals surface area contributed by atoms with Crippen molar-refractivity contribution < 1.29 is 14.7 Å². The third-order valence-electron chi connectivity index (χ3n) is 4.27. The van der Waals surface area contributed by atoms with Gasteiger partial charge in [0.1, 0.15) is 11.9 Å². The predicted molar refractivity (Wildman–Crippen MR) is 92.3 cm³/mol. The highest BCUT2D eigenvalue weighted by atomic mass is 16.4. The van der Waals surface area contributed by atoms with E-state index >= 15 is 0 Å². The van der Waals surface area contributed by atoms with E-state index in [-0.39, 0.29) is 6.42 Å². The van der Waals surface area contributed by atoms with Crippen LogP contribution >= 0.6 is 0 Å². The average Bonchev–Trinajstić information content (AvgIpc) is 2.58. The van der Waals surface area contributed by atoms with Gasteiger partial charge in [-0.3, -0.25) is 9.78 Å². The monoisotopic (exact) mass is 340 g/mol. The zero-order valence-electron chi connectivity index (χ0n) is 13.7. The number of carbonyl (C=O) groups is 2. The van der Waals surface area contributed by atoms with Gasteiger partial charge in [-0.1, -0.05) is 0 Å². The summed E-state index contributed by atoms with van der Waals surface area (Å²) in [5.41, 5.74) is 1.18. The van der Waals surface area contributed by atoms with Crippen LogP contribution in [0.25, 0.3) is 0 Å². The molecular formula is C18H20N4O3. The number of hydrogen-bond acceptors (Lipinski definition) is 5. The minimum Gasteiger partial charge on any atom is -0.480 e. The van der Waals surface area contributed by atoms with Crippen LogP contribution in [0.2, 0.25) is 0 Å². The van der Waals surface area contributed by atoms with Crippen LogP contribution in [-0.2, 0) is 11.2 Å². The minimum absolute atomic E-state index is 0.196. The summed E-state index contributed by atoms with van der Waals surface area (Å²) in [6, 6.07) is 6.09. The Hall–Kier alpha value is -2.96. The van der Waals surface area contributed by atoms with Gasteiger partial charge in [-0.25, -0.2) is 9.78 Å². The van der Waals surface area contributed by atoms with Gasteiger partial charge in [0, 0.05) is 36.6 Å². The van der Waals surface area contributed by atoms with E-state index in [0.29, 0.717) is 17.4 Å². The summed E-state index contributed by atoms with van der Waals surface area (Å²) in [6.45, 7) is 0. The van der Waals surface area contributed by atoms with Gasteiger partial charge >= 0.3 is 5.97 Å².